The molecule has 1 heterocycles. The molecule has 1 aliphatic heterocycles. The predicted octanol–water partition coefficient (Wildman–Crippen LogP) is 2.84. The lowest BCUT2D eigenvalue weighted by Gasteiger charge is -2.13. The highest BCUT2D eigenvalue weighted by Crippen LogP contribution is 2.33. The first-order valence-corrected chi connectivity index (χ1v) is 7.08. The molecule has 0 radical (unpaired) electrons. The average Bonchev–Trinajstić information content (AvgIpc) is 2.83. The number of aliphatic hydroxyl groups is 1. The number of ketones is 1. The van der Waals surface area contributed by atoms with Gasteiger partial charge in [-0.2, -0.15) is 0 Å². The van der Waals surface area contributed by atoms with Crippen LogP contribution in [-0.2, 0) is 9.59 Å². The molecule has 2 N–H and O–H groups in total. The molecule has 2 aromatic carbocycles. The first-order chi connectivity index (χ1) is 11.0. The highest BCUT2D eigenvalue weighted by atomic mass is 19.1. The maximum Gasteiger partial charge on any atom is 0.293 e. The van der Waals surface area contributed by atoms with E-state index in [4.69, 9.17) is 0 Å². The number of benzene rings is 2. The number of hydrogen-bond donors (Lipinski definition) is 2. The van der Waals surface area contributed by atoms with E-state index >= 15 is 0 Å². The van der Waals surface area contributed by atoms with Crippen molar-refractivity contribution in [2.24, 2.45) is 0 Å². The smallest absolute Gasteiger partial charge is 0.293 e. The number of aliphatic hydroxyl groups excluding tert-OH is 1. The van der Waals surface area contributed by atoms with Crippen LogP contribution in [0.3, 0.4) is 0 Å². The molecule has 1 atom stereocenters. The summed E-state index contributed by atoms with van der Waals surface area (Å²) >= 11 is 0. The minimum atomic E-state index is -0.869. The Kier molecular flexibility index (Phi) is 3.70. The summed E-state index contributed by atoms with van der Waals surface area (Å²) in [5, 5.41) is 13.0. The van der Waals surface area contributed by atoms with Crippen LogP contribution in [0.5, 0.6) is 0 Å². The molecule has 116 valence electrons. The van der Waals surface area contributed by atoms with Crippen molar-refractivity contribution < 1.29 is 19.1 Å². The highest BCUT2D eigenvalue weighted by molar-refractivity contribution is 6.46. The quantitative estimate of drug-likeness (QED) is 0.509. The SMILES string of the molecule is Cc1ccc(C(O)=C2C(=O)C(=O)N[C@H]2c2cccc(F)c2)cc1. The van der Waals surface area contributed by atoms with Crippen LogP contribution in [0.15, 0.2) is 54.1 Å². The van der Waals surface area contributed by atoms with E-state index in [9.17, 15) is 19.1 Å². The van der Waals surface area contributed by atoms with Crippen LogP contribution in [0.2, 0.25) is 0 Å². The molecular weight excluding hydrogens is 297 g/mol. The van der Waals surface area contributed by atoms with E-state index in [0.29, 0.717) is 11.1 Å². The first-order valence-electron chi connectivity index (χ1n) is 7.08. The van der Waals surface area contributed by atoms with Gasteiger partial charge in [0.1, 0.15) is 11.6 Å². The van der Waals surface area contributed by atoms with Crippen LogP contribution in [0.4, 0.5) is 4.39 Å². The van der Waals surface area contributed by atoms with E-state index in [-0.39, 0.29) is 11.3 Å². The lowest BCUT2D eigenvalue weighted by atomic mass is 9.95. The van der Waals surface area contributed by atoms with E-state index in [1.54, 1.807) is 30.3 Å². The minimum Gasteiger partial charge on any atom is -0.507 e. The van der Waals surface area contributed by atoms with Crippen LogP contribution in [0, 0.1) is 12.7 Å². The van der Waals surface area contributed by atoms with Crippen molar-refractivity contribution in [2.45, 2.75) is 13.0 Å². The van der Waals surface area contributed by atoms with E-state index < -0.39 is 23.5 Å². The van der Waals surface area contributed by atoms with Gasteiger partial charge >= 0.3 is 0 Å². The van der Waals surface area contributed by atoms with Gasteiger partial charge in [0.15, 0.2) is 0 Å². The van der Waals surface area contributed by atoms with Crippen molar-refractivity contribution in [2.75, 3.05) is 0 Å². The first kappa shape index (κ1) is 15.0. The van der Waals surface area contributed by atoms with Gasteiger partial charge in [0, 0.05) is 5.56 Å². The standard InChI is InChI=1S/C18H14FNO3/c1-10-5-7-11(8-6-10)16(21)14-15(20-18(23)17(14)22)12-3-2-4-13(19)9-12/h2-9,15,21H,1H3,(H,20,23)/t15-/m0/s1. The molecule has 1 saturated heterocycles. The molecule has 1 amide bonds. The second kappa shape index (κ2) is 5.68. The summed E-state index contributed by atoms with van der Waals surface area (Å²) in [5.74, 6) is -2.38. The maximum absolute atomic E-state index is 13.4. The third kappa shape index (κ3) is 2.73. The number of rotatable bonds is 2. The Hall–Kier alpha value is -2.95. The third-order valence-electron chi connectivity index (χ3n) is 3.78. The Bertz CT molecular complexity index is 824. The summed E-state index contributed by atoms with van der Waals surface area (Å²) in [7, 11) is 0. The van der Waals surface area contributed by atoms with Crippen LogP contribution in [0.1, 0.15) is 22.7 Å². The number of amides is 1. The fourth-order valence-corrected chi connectivity index (χ4v) is 2.57. The summed E-state index contributed by atoms with van der Waals surface area (Å²) in [4.78, 5) is 23.9. The number of carbonyl (C=O) groups excluding carboxylic acids is 2. The highest BCUT2D eigenvalue weighted by Gasteiger charge is 2.39. The van der Waals surface area contributed by atoms with Gasteiger partial charge in [-0.05, 0) is 24.6 Å². The molecule has 0 aliphatic carbocycles. The van der Waals surface area contributed by atoms with Gasteiger partial charge in [0.25, 0.3) is 11.7 Å². The zero-order chi connectivity index (χ0) is 16.6. The molecule has 3 rings (SSSR count). The van der Waals surface area contributed by atoms with E-state index in [2.05, 4.69) is 5.32 Å². The van der Waals surface area contributed by atoms with Gasteiger partial charge < -0.3 is 10.4 Å². The van der Waals surface area contributed by atoms with Crippen LogP contribution in [-0.4, -0.2) is 16.8 Å². The molecule has 5 heteroatoms. The van der Waals surface area contributed by atoms with Gasteiger partial charge in [0.2, 0.25) is 0 Å². The summed E-state index contributed by atoms with van der Waals surface area (Å²) in [6, 6.07) is 11.6. The Labute approximate surface area is 132 Å². The molecule has 0 spiro atoms. The number of hydrogen-bond acceptors (Lipinski definition) is 3. The Morgan fingerprint density at radius 1 is 1.13 bits per heavy atom. The number of carbonyl (C=O) groups is 2. The lowest BCUT2D eigenvalue weighted by Crippen LogP contribution is -2.21. The van der Waals surface area contributed by atoms with Crippen molar-refractivity contribution in [1.82, 2.24) is 5.32 Å². The molecule has 0 bridgehead atoms. The largest absolute Gasteiger partial charge is 0.507 e. The number of nitrogens with one attached hydrogen (secondary N) is 1. The molecular formula is C18H14FNO3. The van der Waals surface area contributed by atoms with E-state index in [0.717, 1.165) is 5.56 Å². The van der Waals surface area contributed by atoms with Crippen molar-refractivity contribution in [3.63, 3.8) is 0 Å². The second-order valence-electron chi connectivity index (χ2n) is 5.42. The molecule has 4 nitrogen and oxygen atoms in total. The van der Waals surface area contributed by atoms with Crippen molar-refractivity contribution >= 4 is 17.4 Å². The zero-order valence-electron chi connectivity index (χ0n) is 12.3. The van der Waals surface area contributed by atoms with Gasteiger partial charge in [-0.25, -0.2) is 4.39 Å². The molecule has 0 aromatic heterocycles. The molecule has 2 aromatic rings. The fourth-order valence-electron chi connectivity index (χ4n) is 2.57. The maximum atomic E-state index is 13.4. The molecule has 1 fully saturated rings. The molecule has 23 heavy (non-hydrogen) atoms. The third-order valence-corrected chi connectivity index (χ3v) is 3.78. The fraction of sp³-hybridized carbons (Fsp3) is 0.111. The second-order valence-corrected chi connectivity index (χ2v) is 5.42. The predicted molar refractivity (Wildman–Crippen MR) is 83.0 cm³/mol. The number of halogens is 1. The monoisotopic (exact) mass is 311 g/mol. The Balaban J connectivity index is 2.12. The van der Waals surface area contributed by atoms with Gasteiger partial charge in [-0.1, -0.05) is 42.0 Å². The summed E-state index contributed by atoms with van der Waals surface area (Å²) in [6.45, 7) is 1.90. The summed E-state index contributed by atoms with van der Waals surface area (Å²) < 4.78 is 13.4. The van der Waals surface area contributed by atoms with Crippen LogP contribution < -0.4 is 5.32 Å². The van der Waals surface area contributed by atoms with Crippen molar-refractivity contribution in [1.29, 1.82) is 0 Å². The van der Waals surface area contributed by atoms with Crippen molar-refractivity contribution in [3.05, 3.63) is 76.6 Å². The van der Waals surface area contributed by atoms with Gasteiger partial charge in [-0.15, -0.1) is 0 Å². The number of aryl methyl sites for hydroxylation is 1. The average molecular weight is 311 g/mol. The van der Waals surface area contributed by atoms with Crippen LogP contribution >= 0.6 is 0 Å². The number of Topliss-reactive ketones (excluding diaryl/α,β-unsaturated/α-hetero) is 1. The van der Waals surface area contributed by atoms with Crippen molar-refractivity contribution in [3.8, 4) is 0 Å². The Morgan fingerprint density at radius 3 is 2.48 bits per heavy atom. The summed E-state index contributed by atoms with van der Waals surface area (Å²) in [6.07, 6.45) is 0. The zero-order valence-corrected chi connectivity index (χ0v) is 12.3. The van der Waals surface area contributed by atoms with Crippen LogP contribution in [0.25, 0.3) is 5.76 Å². The van der Waals surface area contributed by atoms with Gasteiger partial charge in [-0.3, -0.25) is 9.59 Å². The lowest BCUT2D eigenvalue weighted by molar-refractivity contribution is -0.133. The minimum absolute atomic E-state index is 0.0653. The summed E-state index contributed by atoms with van der Waals surface area (Å²) in [5.41, 5.74) is 1.76. The normalized spacial score (nSPS) is 19.7. The van der Waals surface area contributed by atoms with Gasteiger partial charge in [0.05, 0.1) is 11.6 Å². The molecule has 0 saturated carbocycles. The molecule has 1 aliphatic rings. The van der Waals surface area contributed by atoms with E-state index in [1.165, 1.54) is 18.2 Å². The Morgan fingerprint density at radius 2 is 1.83 bits per heavy atom. The topological polar surface area (TPSA) is 66.4 Å². The molecule has 0 unspecified atom stereocenters. The van der Waals surface area contributed by atoms with E-state index in [1.807, 2.05) is 6.92 Å².